The molecule has 0 amide bonds. The second-order valence-corrected chi connectivity index (χ2v) is 13.6. The Morgan fingerprint density at radius 2 is 1.64 bits per heavy atom. The largest absolute Gasteiger partial charge is 0.462 e. The van der Waals surface area contributed by atoms with E-state index >= 15 is 0 Å². The first-order valence-electron chi connectivity index (χ1n) is 14.8. The summed E-state index contributed by atoms with van der Waals surface area (Å²) in [5, 5.41) is 11.7. The van der Waals surface area contributed by atoms with Gasteiger partial charge in [0, 0.05) is 19.3 Å². The summed E-state index contributed by atoms with van der Waals surface area (Å²) in [6.07, 6.45) is 11.3. The first-order chi connectivity index (χ1) is 17.0. The van der Waals surface area contributed by atoms with E-state index in [0.29, 0.717) is 61.2 Å². The smallest absolute Gasteiger partial charge is 0.306 e. The molecule has 1 N–H and O–H groups in total. The molecule has 0 aromatic rings. The molecule has 0 bridgehead atoms. The average Bonchev–Trinajstić information content (AvgIpc) is 3.17. The number of hydrogen-bond donors (Lipinski definition) is 1. The summed E-state index contributed by atoms with van der Waals surface area (Å²) in [4.78, 5) is 35.1. The standard InChI is InChI=1S/C31H50O5/c1-19(9-10-21(3)33)25-13-14-26-24-12-11-22-17-23(36-29(35)8-6-7-20(2)32)15-16-30(22,4)27(24)18-28(34)31(25,26)5/h19,22-28,34H,6-18H2,1-5H3. The van der Waals surface area contributed by atoms with Crippen molar-refractivity contribution in [2.45, 2.75) is 130 Å². The average molecular weight is 503 g/mol. The third kappa shape index (κ3) is 5.20. The molecule has 36 heavy (non-hydrogen) atoms. The number of hydrogen-bond acceptors (Lipinski definition) is 5. The lowest BCUT2D eigenvalue weighted by Crippen LogP contribution is -2.59. The van der Waals surface area contributed by atoms with E-state index in [1.54, 1.807) is 13.8 Å². The Morgan fingerprint density at radius 1 is 0.917 bits per heavy atom. The van der Waals surface area contributed by atoms with Crippen molar-refractivity contribution in [3.63, 3.8) is 0 Å². The fourth-order valence-electron chi connectivity index (χ4n) is 9.61. The second kappa shape index (κ2) is 10.9. The van der Waals surface area contributed by atoms with Gasteiger partial charge < -0.3 is 19.4 Å². The van der Waals surface area contributed by atoms with E-state index in [4.69, 9.17) is 4.74 Å². The van der Waals surface area contributed by atoms with Crippen LogP contribution in [0.15, 0.2) is 0 Å². The number of ether oxygens (including phenoxy) is 1. The van der Waals surface area contributed by atoms with Crippen molar-refractivity contribution in [2.75, 3.05) is 0 Å². The van der Waals surface area contributed by atoms with Crippen LogP contribution in [-0.2, 0) is 19.1 Å². The minimum Gasteiger partial charge on any atom is -0.462 e. The molecule has 10 unspecified atom stereocenters. The van der Waals surface area contributed by atoms with Gasteiger partial charge in [0.25, 0.3) is 0 Å². The van der Waals surface area contributed by atoms with Crippen LogP contribution in [0.4, 0.5) is 0 Å². The van der Waals surface area contributed by atoms with Gasteiger partial charge in [-0.25, -0.2) is 0 Å². The molecule has 4 saturated carbocycles. The first kappa shape index (κ1) is 27.8. The highest BCUT2D eigenvalue weighted by Gasteiger charge is 2.63. The second-order valence-electron chi connectivity index (χ2n) is 13.6. The van der Waals surface area contributed by atoms with Gasteiger partial charge in [0.1, 0.15) is 17.7 Å². The van der Waals surface area contributed by atoms with Crippen molar-refractivity contribution in [3.8, 4) is 0 Å². The van der Waals surface area contributed by atoms with Gasteiger partial charge in [0.2, 0.25) is 0 Å². The van der Waals surface area contributed by atoms with Crippen LogP contribution >= 0.6 is 0 Å². The van der Waals surface area contributed by atoms with Gasteiger partial charge in [0.05, 0.1) is 6.10 Å². The summed E-state index contributed by atoms with van der Waals surface area (Å²) in [6, 6.07) is 0. The number of aliphatic hydroxyl groups is 1. The highest BCUT2D eigenvalue weighted by Crippen LogP contribution is 2.68. The number of rotatable bonds is 9. The van der Waals surface area contributed by atoms with E-state index < -0.39 is 0 Å². The van der Waals surface area contributed by atoms with Gasteiger partial charge >= 0.3 is 5.97 Å². The monoisotopic (exact) mass is 502 g/mol. The zero-order valence-electron chi connectivity index (χ0n) is 23.4. The molecular formula is C31H50O5. The molecule has 4 aliphatic rings. The SMILES string of the molecule is CC(=O)CCCC(=O)OC1CCC2(C)C(CCC3C2CC(O)C2(C)C(C(C)CCC(C)=O)CCC32)C1. The quantitative estimate of drug-likeness (QED) is 0.375. The summed E-state index contributed by atoms with van der Waals surface area (Å²) in [5.41, 5.74) is 0.175. The van der Waals surface area contributed by atoms with Gasteiger partial charge in [-0.2, -0.15) is 0 Å². The molecule has 204 valence electrons. The third-order valence-electron chi connectivity index (χ3n) is 11.6. The normalized spacial score (nSPS) is 42.6. The van der Waals surface area contributed by atoms with Crippen molar-refractivity contribution in [3.05, 3.63) is 0 Å². The lowest BCUT2D eigenvalue weighted by atomic mass is 9.43. The molecule has 4 rings (SSSR count). The molecule has 5 heteroatoms. The highest BCUT2D eigenvalue weighted by atomic mass is 16.5. The van der Waals surface area contributed by atoms with Crippen LogP contribution in [0.25, 0.3) is 0 Å². The van der Waals surface area contributed by atoms with Crippen molar-refractivity contribution in [1.82, 2.24) is 0 Å². The molecule has 0 aliphatic heterocycles. The van der Waals surface area contributed by atoms with Crippen molar-refractivity contribution in [2.24, 2.45) is 46.3 Å². The van der Waals surface area contributed by atoms with Crippen LogP contribution in [0.1, 0.15) is 118 Å². The van der Waals surface area contributed by atoms with E-state index in [9.17, 15) is 19.5 Å². The van der Waals surface area contributed by atoms with Crippen LogP contribution in [-0.4, -0.2) is 34.9 Å². The van der Waals surface area contributed by atoms with E-state index in [1.165, 1.54) is 25.7 Å². The van der Waals surface area contributed by atoms with E-state index in [-0.39, 0.29) is 40.6 Å². The van der Waals surface area contributed by atoms with Crippen LogP contribution in [0.3, 0.4) is 0 Å². The fourth-order valence-corrected chi connectivity index (χ4v) is 9.61. The molecule has 10 atom stereocenters. The summed E-state index contributed by atoms with van der Waals surface area (Å²) >= 11 is 0. The van der Waals surface area contributed by atoms with Crippen LogP contribution in [0.2, 0.25) is 0 Å². The number of carbonyl (C=O) groups is 3. The highest BCUT2D eigenvalue weighted by molar-refractivity contribution is 5.76. The summed E-state index contributed by atoms with van der Waals surface area (Å²) in [6.45, 7) is 10.4. The predicted octanol–water partition coefficient (Wildman–Crippen LogP) is 6.29. The van der Waals surface area contributed by atoms with Gasteiger partial charge in [-0.15, -0.1) is 0 Å². The molecule has 4 aliphatic carbocycles. The fraction of sp³-hybridized carbons (Fsp3) is 0.903. The number of fused-ring (bicyclic) bond motifs is 5. The predicted molar refractivity (Wildman–Crippen MR) is 140 cm³/mol. The molecule has 0 heterocycles. The maximum absolute atomic E-state index is 12.3. The Kier molecular flexibility index (Phi) is 8.39. The van der Waals surface area contributed by atoms with E-state index in [2.05, 4.69) is 20.8 Å². The number of esters is 1. The third-order valence-corrected chi connectivity index (χ3v) is 11.6. The van der Waals surface area contributed by atoms with Gasteiger partial charge in [0.15, 0.2) is 0 Å². The lowest BCUT2D eigenvalue weighted by molar-refractivity contribution is -0.181. The van der Waals surface area contributed by atoms with Crippen molar-refractivity contribution >= 4 is 17.5 Å². The molecular weight excluding hydrogens is 452 g/mol. The molecule has 0 aromatic carbocycles. The van der Waals surface area contributed by atoms with E-state index in [1.807, 2.05) is 0 Å². The first-order valence-corrected chi connectivity index (χ1v) is 14.8. The van der Waals surface area contributed by atoms with Crippen LogP contribution in [0.5, 0.6) is 0 Å². The van der Waals surface area contributed by atoms with Crippen molar-refractivity contribution in [1.29, 1.82) is 0 Å². The van der Waals surface area contributed by atoms with Gasteiger partial charge in [-0.05, 0) is 124 Å². The zero-order valence-corrected chi connectivity index (χ0v) is 23.4. The number of carbonyl (C=O) groups excluding carboxylic acids is 3. The lowest BCUT2D eigenvalue weighted by Gasteiger charge is -2.62. The number of aliphatic hydroxyl groups excluding tert-OH is 1. The maximum atomic E-state index is 12.3. The Balaban J connectivity index is 1.40. The van der Waals surface area contributed by atoms with Crippen LogP contribution < -0.4 is 0 Å². The molecule has 0 spiro atoms. The van der Waals surface area contributed by atoms with E-state index in [0.717, 1.165) is 32.1 Å². The Hall–Kier alpha value is -1.23. The minimum absolute atomic E-state index is 0.00113. The summed E-state index contributed by atoms with van der Waals surface area (Å²) in [7, 11) is 0. The minimum atomic E-state index is -0.275. The molecule has 0 radical (unpaired) electrons. The molecule has 5 nitrogen and oxygen atoms in total. The molecule has 0 aromatic heterocycles. The number of Topliss-reactive ketones (excluding diaryl/α,β-unsaturated/α-hetero) is 2. The Bertz CT molecular complexity index is 837. The summed E-state index contributed by atoms with van der Waals surface area (Å²) < 4.78 is 5.87. The molecule has 0 saturated heterocycles. The number of ketones is 2. The zero-order chi connectivity index (χ0) is 26.3. The maximum Gasteiger partial charge on any atom is 0.306 e. The Morgan fingerprint density at radius 3 is 2.33 bits per heavy atom. The van der Waals surface area contributed by atoms with Gasteiger partial charge in [-0.3, -0.25) is 4.79 Å². The summed E-state index contributed by atoms with van der Waals surface area (Å²) in [5.74, 6) is 3.56. The van der Waals surface area contributed by atoms with Gasteiger partial charge in [-0.1, -0.05) is 20.8 Å². The van der Waals surface area contributed by atoms with Crippen molar-refractivity contribution < 1.29 is 24.2 Å². The molecule has 4 fully saturated rings. The topological polar surface area (TPSA) is 80.7 Å². The Labute approximate surface area is 218 Å². The van der Waals surface area contributed by atoms with Crippen LogP contribution in [0, 0.1) is 46.3 Å².